The van der Waals surface area contributed by atoms with Crippen molar-refractivity contribution in [1.29, 1.82) is 0 Å². The molecule has 2 atom stereocenters. The van der Waals surface area contributed by atoms with Crippen LogP contribution in [0.15, 0.2) is 24.3 Å². The molecule has 4 aliphatic carbocycles. The summed E-state index contributed by atoms with van der Waals surface area (Å²) in [6, 6.07) is 7.83. The predicted molar refractivity (Wildman–Crippen MR) is 102 cm³/mol. The number of hydrogen-bond donors (Lipinski definition) is 1. The van der Waals surface area contributed by atoms with Gasteiger partial charge in [-0.05, 0) is 86.3 Å². The highest BCUT2D eigenvalue weighted by molar-refractivity contribution is 7.83. The van der Waals surface area contributed by atoms with Crippen LogP contribution in [0.25, 0.3) is 0 Å². The molecule has 5 rings (SSSR count). The first-order valence-electron chi connectivity index (χ1n) is 9.63. The second kappa shape index (κ2) is 6.53. The lowest BCUT2D eigenvalue weighted by Crippen LogP contribution is -2.55. The van der Waals surface area contributed by atoms with Gasteiger partial charge in [0.2, 0.25) is 0 Å². The third-order valence-electron chi connectivity index (χ3n) is 6.91. The third kappa shape index (κ3) is 3.42. The van der Waals surface area contributed by atoms with Gasteiger partial charge in [-0.1, -0.05) is 12.1 Å². The molecule has 0 aliphatic heterocycles. The van der Waals surface area contributed by atoms with E-state index in [4.69, 9.17) is 0 Å². The number of nitrogens with one attached hydrogen (secondary N) is 1. The maximum absolute atomic E-state index is 12.8. The molecule has 4 fully saturated rings. The first kappa shape index (κ1) is 17.3. The van der Waals surface area contributed by atoms with Crippen molar-refractivity contribution < 1.29 is 9.00 Å². The average molecular weight is 360 g/mol. The molecule has 2 unspecified atom stereocenters. The van der Waals surface area contributed by atoms with Crippen LogP contribution in [-0.2, 0) is 16.6 Å². The molecule has 1 amide bonds. The minimum Gasteiger partial charge on any atom is -0.349 e. The van der Waals surface area contributed by atoms with Crippen molar-refractivity contribution in [2.24, 2.45) is 23.2 Å². The highest BCUT2D eigenvalue weighted by atomic mass is 32.2. The number of carbonyl (C=O) groups is 1. The zero-order valence-electron chi connectivity index (χ0n) is 15.3. The van der Waals surface area contributed by atoms with Crippen molar-refractivity contribution in [3.8, 4) is 0 Å². The zero-order valence-corrected chi connectivity index (χ0v) is 16.1. The number of rotatable bonds is 5. The summed E-state index contributed by atoms with van der Waals surface area (Å²) in [5.41, 5.74) is 1.99. The summed E-state index contributed by atoms with van der Waals surface area (Å²) < 4.78 is 11.4. The molecular weight excluding hydrogens is 330 g/mol. The van der Waals surface area contributed by atoms with Crippen LogP contribution in [0.2, 0.25) is 0 Å². The van der Waals surface area contributed by atoms with Crippen LogP contribution in [0.1, 0.15) is 61.4 Å². The molecular formula is C21H29NO2S. The summed E-state index contributed by atoms with van der Waals surface area (Å²) in [5.74, 6) is 3.22. The second-order valence-electron chi connectivity index (χ2n) is 8.89. The molecule has 0 spiro atoms. The minimum atomic E-state index is -0.888. The molecule has 4 bridgehead atoms. The van der Waals surface area contributed by atoms with Crippen molar-refractivity contribution in [2.75, 3.05) is 6.26 Å². The van der Waals surface area contributed by atoms with Gasteiger partial charge >= 0.3 is 0 Å². The maximum Gasteiger partial charge on any atom is 0.251 e. The van der Waals surface area contributed by atoms with E-state index in [1.165, 1.54) is 38.5 Å². The predicted octanol–water partition coefficient (Wildman–Crippen LogP) is 3.90. The van der Waals surface area contributed by atoms with Gasteiger partial charge in [0.1, 0.15) is 0 Å². The second-order valence-corrected chi connectivity index (χ2v) is 10.3. The molecule has 4 heteroatoms. The van der Waals surface area contributed by atoms with Crippen molar-refractivity contribution in [1.82, 2.24) is 5.32 Å². The summed E-state index contributed by atoms with van der Waals surface area (Å²) in [6.45, 7) is 2.22. The molecule has 136 valence electrons. The van der Waals surface area contributed by atoms with Gasteiger partial charge in [-0.25, -0.2) is 0 Å². The van der Waals surface area contributed by atoms with Crippen LogP contribution in [-0.4, -0.2) is 22.4 Å². The van der Waals surface area contributed by atoms with E-state index >= 15 is 0 Å². The Morgan fingerprint density at radius 3 is 2.36 bits per heavy atom. The number of carbonyl (C=O) groups excluding carboxylic acids is 1. The molecule has 1 aromatic rings. The van der Waals surface area contributed by atoms with E-state index in [0.717, 1.165) is 23.3 Å². The first-order valence-corrected chi connectivity index (χ1v) is 11.4. The Bertz CT molecular complexity index is 664. The van der Waals surface area contributed by atoms with E-state index in [9.17, 15) is 9.00 Å². The van der Waals surface area contributed by atoms with Crippen LogP contribution in [0.3, 0.4) is 0 Å². The summed E-state index contributed by atoms with van der Waals surface area (Å²) in [7, 11) is -0.888. The van der Waals surface area contributed by atoms with Crippen LogP contribution < -0.4 is 5.32 Å². The highest BCUT2D eigenvalue weighted by Crippen LogP contribution is 2.61. The largest absolute Gasteiger partial charge is 0.349 e. The van der Waals surface area contributed by atoms with Crippen LogP contribution >= 0.6 is 0 Å². The van der Waals surface area contributed by atoms with E-state index in [1.54, 1.807) is 6.26 Å². The summed E-state index contributed by atoms with van der Waals surface area (Å²) in [6.07, 6.45) is 9.88. The fourth-order valence-electron chi connectivity index (χ4n) is 6.18. The van der Waals surface area contributed by atoms with Crippen molar-refractivity contribution in [3.05, 3.63) is 35.4 Å². The average Bonchev–Trinajstić information content (AvgIpc) is 2.53. The van der Waals surface area contributed by atoms with Gasteiger partial charge in [0, 0.05) is 34.4 Å². The molecule has 0 heterocycles. The lowest BCUT2D eigenvalue weighted by Gasteiger charge is -2.59. The molecule has 4 aliphatic rings. The Morgan fingerprint density at radius 2 is 1.80 bits per heavy atom. The molecule has 0 saturated heterocycles. The molecule has 4 saturated carbocycles. The van der Waals surface area contributed by atoms with Gasteiger partial charge in [-0.3, -0.25) is 9.00 Å². The Balaban J connectivity index is 1.47. The summed E-state index contributed by atoms with van der Waals surface area (Å²) >= 11 is 0. The molecule has 1 N–H and O–H groups in total. The zero-order chi connectivity index (χ0) is 17.6. The number of hydrogen-bond acceptors (Lipinski definition) is 2. The van der Waals surface area contributed by atoms with Gasteiger partial charge in [0.15, 0.2) is 0 Å². The molecule has 0 radical (unpaired) electrons. The topological polar surface area (TPSA) is 46.2 Å². The van der Waals surface area contributed by atoms with Crippen molar-refractivity contribution in [2.45, 2.75) is 57.2 Å². The fourth-order valence-corrected chi connectivity index (χ4v) is 6.83. The lowest BCUT2D eigenvalue weighted by atomic mass is 9.48. The SMILES string of the molecule is CC(NC(=O)c1cccc(CS(C)=O)c1)C12CC3CC(CC(C3)C1)C2. The first-order chi connectivity index (χ1) is 11.9. The van der Waals surface area contributed by atoms with Gasteiger partial charge in [-0.2, -0.15) is 0 Å². The minimum absolute atomic E-state index is 0.0204. The van der Waals surface area contributed by atoms with E-state index in [-0.39, 0.29) is 11.9 Å². The Hall–Kier alpha value is -1.16. The monoisotopic (exact) mass is 359 g/mol. The van der Waals surface area contributed by atoms with Gasteiger partial charge in [0.25, 0.3) is 5.91 Å². The Morgan fingerprint density at radius 1 is 1.20 bits per heavy atom. The van der Waals surface area contributed by atoms with E-state index < -0.39 is 10.8 Å². The van der Waals surface area contributed by atoms with Crippen LogP contribution in [0, 0.1) is 23.2 Å². The van der Waals surface area contributed by atoms with Crippen molar-refractivity contribution >= 4 is 16.7 Å². The number of amides is 1. The molecule has 0 aromatic heterocycles. The van der Waals surface area contributed by atoms with Crippen LogP contribution in [0.5, 0.6) is 0 Å². The highest BCUT2D eigenvalue weighted by Gasteiger charge is 2.53. The maximum atomic E-state index is 12.8. The Kier molecular flexibility index (Phi) is 4.51. The quantitative estimate of drug-likeness (QED) is 0.867. The Labute approximate surface area is 153 Å². The van der Waals surface area contributed by atoms with E-state index in [0.29, 0.717) is 16.7 Å². The van der Waals surface area contributed by atoms with Crippen LogP contribution in [0.4, 0.5) is 0 Å². The molecule has 1 aromatic carbocycles. The fraction of sp³-hybridized carbons (Fsp3) is 0.667. The smallest absolute Gasteiger partial charge is 0.251 e. The number of benzene rings is 1. The molecule has 3 nitrogen and oxygen atoms in total. The summed E-state index contributed by atoms with van der Waals surface area (Å²) in [4.78, 5) is 12.8. The normalized spacial score (nSPS) is 35.4. The third-order valence-corrected chi connectivity index (χ3v) is 7.65. The van der Waals surface area contributed by atoms with Crippen molar-refractivity contribution in [3.63, 3.8) is 0 Å². The van der Waals surface area contributed by atoms with Gasteiger partial charge < -0.3 is 5.32 Å². The van der Waals surface area contributed by atoms with Gasteiger partial charge in [-0.15, -0.1) is 0 Å². The summed E-state index contributed by atoms with van der Waals surface area (Å²) in [5, 5.41) is 3.32. The standard InChI is InChI=1S/C21H29NO2S/c1-14(21-10-16-6-17(11-21)8-18(7-16)12-21)22-20(23)19-5-3-4-15(9-19)13-25(2)24/h3-5,9,14,16-18H,6-8,10-13H2,1-2H3,(H,22,23). The van der Waals surface area contributed by atoms with E-state index in [1.807, 2.05) is 24.3 Å². The van der Waals surface area contributed by atoms with Gasteiger partial charge in [0.05, 0.1) is 0 Å². The molecule has 25 heavy (non-hydrogen) atoms. The lowest BCUT2D eigenvalue weighted by molar-refractivity contribution is -0.0688. The van der Waals surface area contributed by atoms with E-state index in [2.05, 4.69) is 12.2 Å².